The van der Waals surface area contributed by atoms with Crippen molar-refractivity contribution in [2.45, 2.75) is 0 Å². The third-order valence-electron chi connectivity index (χ3n) is 9.24. The van der Waals surface area contributed by atoms with E-state index in [1.807, 2.05) is 30.4 Å². The Morgan fingerprint density at radius 3 is 1.89 bits per heavy atom. The van der Waals surface area contributed by atoms with Crippen LogP contribution in [0.5, 0.6) is 0 Å². The van der Waals surface area contributed by atoms with Crippen molar-refractivity contribution in [1.29, 1.82) is 5.41 Å². The molecule has 9 rings (SSSR count). The third kappa shape index (κ3) is 4.39. The van der Waals surface area contributed by atoms with Crippen molar-refractivity contribution < 1.29 is 0 Å². The third-order valence-corrected chi connectivity index (χ3v) is 10.1. The second-order valence-electron chi connectivity index (χ2n) is 11.8. The monoisotopic (exact) mass is 616 g/mol. The number of nitrogens with one attached hydrogen (secondary N) is 1. The van der Waals surface area contributed by atoms with Gasteiger partial charge in [-0.1, -0.05) is 133 Å². The second-order valence-corrected chi connectivity index (χ2v) is 12.8. The summed E-state index contributed by atoms with van der Waals surface area (Å²) in [6.45, 7) is 0. The molecule has 8 aromatic rings. The van der Waals surface area contributed by atoms with E-state index < -0.39 is 0 Å². The van der Waals surface area contributed by atoms with Gasteiger partial charge >= 0.3 is 0 Å². The number of hydrogen-bond acceptors (Lipinski definition) is 3. The van der Waals surface area contributed by atoms with Gasteiger partial charge in [-0.15, -0.1) is 11.3 Å². The fraction of sp³-hybridized carbons (Fsp3) is 0. The molecule has 47 heavy (non-hydrogen) atoms. The topological polar surface area (TPSA) is 36.7 Å². The summed E-state index contributed by atoms with van der Waals surface area (Å²) in [6, 6.07) is 45.9. The van der Waals surface area contributed by atoms with Crippen LogP contribution in [0.15, 0.2) is 157 Å². The zero-order chi connectivity index (χ0) is 31.3. The molecule has 0 saturated heterocycles. The second kappa shape index (κ2) is 11.2. The van der Waals surface area contributed by atoms with Crippen molar-refractivity contribution in [3.63, 3.8) is 0 Å². The molecule has 2 nitrogen and oxygen atoms in total. The van der Waals surface area contributed by atoms with Crippen molar-refractivity contribution in [1.82, 2.24) is 4.98 Å². The molecular weight excluding hydrogens is 589 g/mol. The minimum Gasteiger partial charge on any atom is -0.299 e. The molecule has 0 unspecified atom stereocenters. The van der Waals surface area contributed by atoms with Crippen LogP contribution in [0.4, 0.5) is 0 Å². The molecule has 1 N–H and O–H groups in total. The van der Waals surface area contributed by atoms with Gasteiger partial charge in [0.25, 0.3) is 0 Å². The normalized spacial score (nSPS) is 12.2. The van der Waals surface area contributed by atoms with E-state index in [9.17, 15) is 0 Å². The number of aromatic nitrogens is 1. The molecule has 6 aromatic carbocycles. The molecule has 0 bridgehead atoms. The lowest BCUT2D eigenvalue weighted by Crippen LogP contribution is -1.98. The number of thiophene rings is 1. The summed E-state index contributed by atoms with van der Waals surface area (Å²) in [5.74, 6) is 0. The van der Waals surface area contributed by atoms with E-state index in [-0.39, 0.29) is 0 Å². The molecule has 3 heteroatoms. The summed E-state index contributed by atoms with van der Waals surface area (Å²) in [6.07, 6.45) is 9.75. The number of hydrogen-bond donors (Lipinski definition) is 1. The Hall–Kier alpha value is -5.90. The number of benzene rings is 6. The Bertz CT molecular complexity index is 2480. The van der Waals surface area contributed by atoms with Gasteiger partial charge in [0.1, 0.15) is 0 Å². The smallest absolute Gasteiger partial charge is 0.0965 e. The highest BCUT2D eigenvalue weighted by molar-refractivity contribution is 7.17. The van der Waals surface area contributed by atoms with Gasteiger partial charge in [0, 0.05) is 16.3 Å². The van der Waals surface area contributed by atoms with Gasteiger partial charge in [0.2, 0.25) is 0 Å². The predicted octanol–water partition coefficient (Wildman–Crippen LogP) is 12.2. The lowest BCUT2D eigenvalue weighted by atomic mass is 9.82. The zero-order valence-corrected chi connectivity index (χ0v) is 26.3. The van der Waals surface area contributed by atoms with E-state index >= 15 is 0 Å². The zero-order valence-electron chi connectivity index (χ0n) is 25.4. The Morgan fingerprint density at radius 1 is 0.553 bits per heavy atom. The molecule has 0 spiro atoms. The predicted molar refractivity (Wildman–Crippen MR) is 201 cm³/mol. The van der Waals surface area contributed by atoms with Gasteiger partial charge in [0.05, 0.1) is 11.4 Å². The SMILES string of the molecule is N=C(/C=C\C=C\c1ccc2c3c(cccc13)-c1c-2c(-c2ccccc2)c2ccccc2c1-c1ccccc1)c1nccc2sccc12. The fourth-order valence-corrected chi connectivity index (χ4v) is 8.06. The van der Waals surface area contributed by atoms with E-state index in [4.69, 9.17) is 5.41 Å². The van der Waals surface area contributed by atoms with E-state index in [0.29, 0.717) is 11.4 Å². The summed E-state index contributed by atoms with van der Waals surface area (Å²) in [4.78, 5) is 4.49. The molecule has 1 aliphatic carbocycles. The summed E-state index contributed by atoms with van der Waals surface area (Å²) in [7, 11) is 0. The summed E-state index contributed by atoms with van der Waals surface area (Å²) in [5, 5.41) is 16.8. The largest absolute Gasteiger partial charge is 0.299 e. The van der Waals surface area contributed by atoms with Crippen LogP contribution in [0.2, 0.25) is 0 Å². The van der Waals surface area contributed by atoms with Crippen molar-refractivity contribution in [3.8, 4) is 44.5 Å². The maximum absolute atomic E-state index is 8.67. The first-order valence-corrected chi connectivity index (χ1v) is 16.7. The number of allylic oxidation sites excluding steroid dienone is 3. The quantitative estimate of drug-likeness (QED) is 0.146. The van der Waals surface area contributed by atoms with Gasteiger partial charge in [-0.25, -0.2) is 0 Å². The van der Waals surface area contributed by atoms with Gasteiger partial charge in [-0.2, -0.15) is 0 Å². The van der Waals surface area contributed by atoms with E-state index in [1.165, 1.54) is 66.1 Å². The Balaban J connectivity index is 1.22. The molecule has 2 aromatic heterocycles. The first kappa shape index (κ1) is 27.4. The van der Waals surface area contributed by atoms with Crippen molar-refractivity contribution >= 4 is 54.8 Å². The molecule has 220 valence electrons. The summed E-state index contributed by atoms with van der Waals surface area (Å²) < 4.78 is 1.15. The Morgan fingerprint density at radius 2 is 1.19 bits per heavy atom. The highest BCUT2D eigenvalue weighted by atomic mass is 32.1. The van der Waals surface area contributed by atoms with Crippen LogP contribution < -0.4 is 0 Å². The highest BCUT2D eigenvalue weighted by Gasteiger charge is 2.30. The van der Waals surface area contributed by atoms with Crippen LogP contribution >= 0.6 is 11.3 Å². The Labute approximate surface area is 277 Å². The minimum atomic E-state index is 0.406. The van der Waals surface area contributed by atoms with Gasteiger partial charge in [0.15, 0.2) is 0 Å². The highest BCUT2D eigenvalue weighted by Crippen LogP contribution is 2.57. The van der Waals surface area contributed by atoms with Crippen molar-refractivity contribution in [2.24, 2.45) is 0 Å². The number of pyridine rings is 1. The molecule has 0 saturated carbocycles. The molecule has 0 atom stereocenters. The van der Waals surface area contributed by atoms with Crippen LogP contribution in [-0.2, 0) is 0 Å². The first-order valence-electron chi connectivity index (χ1n) is 15.8. The molecule has 0 radical (unpaired) electrons. The van der Waals surface area contributed by atoms with Crippen molar-refractivity contribution in [2.75, 3.05) is 0 Å². The number of fused-ring (bicyclic) bond motifs is 5. The molecule has 0 aliphatic heterocycles. The maximum Gasteiger partial charge on any atom is 0.0965 e. The van der Waals surface area contributed by atoms with E-state index in [1.54, 1.807) is 17.5 Å². The Kier molecular flexibility index (Phi) is 6.51. The summed E-state index contributed by atoms with van der Waals surface area (Å²) in [5.41, 5.74) is 12.5. The molecular formula is C44H28N2S. The van der Waals surface area contributed by atoms with Crippen LogP contribution in [0, 0.1) is 5.41 Å². The van der Waals surface area contributed by atoms with E-state index in [0.717, 1.165) is 15.6 Å². The van der Waals surface area contributed by atoms with Crippen LogP contribution in [0.25, 0.3) is 82.2 Å². The average Bonchev–Trinajstić information content (AvgIpc) is 3.74. The standard InChI is InChI=1S/C44H28N2S/c45-37(44-34-25-27-47-38(34)24-26-46-44)21-10-7-12-28-22-23-36-41-31(28)19-11-20-35(41)42-39(29-13-3-1-4-14-29)32-17-8-9-18-33(32)40(43(36)42)30-15-5-2-6-16-30/h1-27,45H/b12-7+,21-10-,45-37?. The average molecular weight is 617 g/mol. The maximum atomic E-state index is 8.67. The van der Waals surface area contributed by atoms with Gasteiger partial charge < -0.3 is 0 Å². The lowest BCUT2D eigenvalue weighted by molar-refractivity contribution is 1.31. The van der Waals surface area contributed by atoms with Gasteiger partial charge in [-0.3, -0.25) is 10.4 Å². The molecule has 1 aliphatic rings. The number of nitrogens with zero attached hydrogens (tertiary/aromatic N) is 1. The van der Waals surface area contributed by atoms with E-state index in [2.05, 4.69) is 132 Å². The van der Waals surface area contributed by atoms with Crippen LogP contribution in [-0.4, -0.2) is 10.7 Å². The first-order chi connectivity index (χ1) is 23.3. The lowest BCUT2D eigenvalue weighted by Gasteiger charge is -2.20. The molecule has 0 amide bonds. The molecule has 0 fully saturated rings. The molecule has 2 heterocycles. The number of rotatable bonds is 6. The van der Waals surface area contributed by atoms with Crippen LogP contribution in [0.3, 0.4) is 0 Å². The van der Waals surface area contributed by atoms with Gasteiger partial charge in [-0.05, 0) is 95.2 Å². The summed E-state index contributed by atoms with van der Waals surface area (Å²) >= 11 is 1.67. The minimum absolute atomic E-state index is 0.406. The fourth-order valence-electron chi connectivity index (χ4n) is 7.28. The van der Waals surface area contributed by atoms with Crippen LogP contribution in [0.1, 0.15) is 11.3 Å². The van der Waals surface area contributed by atoms with Crippen molar-refractivity contribution in [3.05, 3.63) is 168 Å².